The summed E-state index contributed by atoms with van der Waals surface area (Å²) in [6.45, 7) is 9.49. The molecule has 0 saturated carbocycles. The van der Waals surface area contributed by atoms with E-state index in [1.165, 1.54) is 21.4 Å². The zero-order valence-electron chi connectivity index (χ0n) is 20.8. The van der Waals surface area contributed by atoms with Gasteiger partial charge in [0, 0.05) is 20.1 Å². The number of ether oxygens (including phenoxy) is 1. The molecule has 1 aromatic heterocycles. The molecule has 0 radical (unpaired) electrons. The molecule has 0 aliphatic rings. The maximum atomic E-state index is 13.2. The van der Waals surface area contributed by atoms with Gasteiger partial charge in [0.1, 0.15) is 11.6 Å². The Morgan fingerprint density at radius 2 is 1.68 bits per heavy atom. The van der Waals surface area contributed by atoms with E-state index < -0.39 is 23.1 Å². The largest absolute Gasteiger partial charge is 0.484 e. The minimum atomic E-state index is -0.742. The fourth-order valence-electron chi connectivity index (χ4n) is 3.33. The van der Waals surface area contributed by atoms with E-state index in [-0.39, 0.29) is 49.6 Å². The number of anilines is 2. The number of rotatable bonds is 10. The first kappa shape index (κ1) is 26.7. The van der Waals surface area contributed by atoms with Crippen LogP contribution >= 0.6 is 0 Å². The van der Waals surface area contributed by atoms with E-state index in [1.54, 1.807) is 12.1 Å². The number of benzene rings is 1. The molecule has 2 rings (SSSR count). The van der Waals surface area contributed by atoms with Crippen molar-refractivity contribution in [2.45, 2.75) is 41.2 Å². The number of carbonyl (C=O) groups excluding carboxylic acids is 2. The van der Waals surface area contributed by atoms with Gasteiger partial charge in [-0.3, -0.25) is 23.9 Å². The number of H-pyrrole nitrogens is 1. The summed E-state index contributed by atoms with van der Waals surface area (Å²) in [5, 5.41) is 0. The van der Waals surface area contributed by atoms with E-state index >= 15 is 0 Å². The van der Waals surface area contributed by atoms with E-state index in [0.717, 1.165) is 5.56 Å². The highest BCUT2D eigenvalue weighted by molar-refractivity contribution is 5.98. The lowest BCUT2D eigenvalue weighted by Crippen LogP contribution is -2.47. The molecule has 34 heavy (non-hydrogen) atoms. The van der Waals surface area contributed by atoms with Crippen LogP contribution in [0.25, 0.3) is 0 Å². The predicted octanol–water partition coefficient (Wildman–Crippen LogP) is 1.61. The maximum Gasteiger partial charge on any atom is 0.330 e. The third-order valence-electron chi connectivity index (χ3n) is 5.06. The lowest BCUT2D eigenvalue weighted by Gasteiger charge is -2.28. The predicted molar refractivity (Wildman–Crippen MR) is 132 cm³/mol. The van der Waals surface area contributed by atoms with Crippen molar-refractivity contribution in [1.29, 1.82) is 0 Å². The smallest absolute Gasteiger partial charge is 0.330 e. The van der Waals surface area contributed by atoms with Gasteiger partial charge in [0.25, 0.3) is 11.5 Å². The average molecular weight is 474 g/mol. The summed E-state index contributed by atoms with van der Waals surface area (Å²) in [7, 11) is 1.49. The van der Waals surface area contributed by atoms with Gasteiger partial charge >= 0.3 is 5.69 Å². The molecule has 0 atom stereocenters. The standard InChI is InChI=1S/C24H35N5O5/c1-15(2)11-28(21-22(25)29(12-16(3)4)24(33)26-23(21)32)19(30)13-27(6)20(31)14-34-18-9-7-17(5)8-10-18/h7-10,15-16H,11-14,25H2,1-6H3,(H,26,32,33). The first-order valence-electron chi connectivity index (χ1n) is 11.3. The second-order valence-electron chi connectivity index (χ2n) is 9.25. The van der Waals surface area contributed by atoms with Crippen molar-refractivity contribution in [1.82, 2.24) is 14.5 Å². The Morgan fingerprint density at radius 1 is 1.06 bits per heavy atom. The zero-order valence-corrected chi connectivity index (χ0v) is 20.8. The monoisotopic (exact) mass is 473 g/mol. The van der Waals surface area contributed by atoms with Crippen LogP contribution in [-0.2, 0) is 16.1 Å². The van der Waals surface area contributed by atoms with E-state index in [2.05, 4.69) is 4.98 Å². The third-order valence-corrected chi connectivity index (χ3v) is 5.06. The zero-order chi connectivity index (χ0) is 25.6. The van der Waals surface area contributed by atoms with Crippen LogP contribution in [0, 0.1) is 18.8 Å². The molecule has 2 aromatic rings. The Morgan fingerprint density at radius 3 is 2.24 bits per heavy atom. The minimum absolute atomic E-state index is 0.000829. The number of likely N-dealkylation sites (N-methyl/N-ethyl adjacent to an activating group) is 1. The molecule has 0 fully saturated rings. The number of aromatic amines is 1. The SMILES string of the molecule is Cc1ccc(OCC(=O)N(C)CC(=O)N(CC(C)C)c2c(N)n(CC(C)C)c(=O)[nH]c2=O)cc1. The number of nitrogens with one attached hydrogen (secondary N) is 1. The quantitative estimate of drug-likeness (QED) is 0.539. The third kappa shape index (κ3) is 6.97. The molecule has 0 saturated heterocycles. The summed E-state index contributed by atoms with van der Waals surface area (Å²) in [6.07, 6.45) is 0. The molecule has 186 valence electrons. The maximum absolute atomic E-state index is 13.2. The number of nitrogens with zero attached hydrogens (tertiary/aromatic N) is 3. The number of carbonyl (C=O) groups is 2. The molecule has 1 heterocycles. The highest BCUT2D eigenvalue weighted by Gasteiger charge is 2.27. The average Bonchev–Trinajstić information content (AvgIpc) is 2.74. The lowest BCUT2D eigenvalue weighted by atomic mass is 10.2. The highest BCUT2D eigenvalue weighted by atomic mass is 16.5. The van der Waals surface area contributed by atoms with Gasteiger partial charge in [-0.25, -0.2) is 4.79 Å². The first-order valence-corrected chi connectivity index (χ1v) is 11.3. The van der Waals surface area contributed by atoms with E-state index in [1.807, 2.05) is 46.8 Å². The van der Waals surface area contributed by atoms with Gasteiger partial charge in [-0.05, 0) is 30.9 Å². The van der Waals surface area contributed by atoms with Gasteiger partial charge in [0.15, 0.2) is 12.3 Å². The van der Waals surface area contributed by atoms with Crippen LogP contribution in [0.2, 0.25) is 0 Å². The van der Waals surface area contributed by atoms with Crippen LogP contribution in [0.5, 0.6) is 5.75 Å². The molecule has 1 aromatic carbocycles. The molecular formula is C24H35N5O5. The summed E-state index contributed by atoms with van der Waals surface area (Å²) in [6, 6.07) is 7.27. The van der Waals surface area contributed by atoms with Crippen molar-refractivity contribution in [3.8, 4) is 5.75 Å². The van der Waals surface area contributed by atoms with Crippen LogP contribution in [-0.4, -0.2) is 53.0 Å². The topological polar surface area (TPSA) is 131 Å². The van der Waals surface area contributed by atoms with Crippen molar-refractivity contribution in [2.75, 3.05) is 37.4 Å². The summed E-state index contributed by atoms with van der Waals surface area (Å²) >= 11 is 0. The van der Waals surface area contributed by atoms with Crippen molar-refractivity contribution >= 4 is 23.3 Å². The molecule has 2 amide bonds. The highest BCUT2D eigenvalue weighted by Crippen LogP contribution is 2.19. The number of nitrogens with two attached hydrogens (primary N) is 1. The summed E-state index contributed by atoms with van der Waals surface area (Å²) < 4.78 is 6.77. The van der Waals surface area contributed by atoms with Crippen molar-refractivity contribution < 1.29 is 14.3 Å². The number of nitrogen functional groups attached to an aromatic ring is 1. The molecule has 3 N–H and O–H groups in total. The van der Waals surface area contributed by atoms with Crippen LogP contribution < -0.4 is 26.6 Å². The molecule has 0 unspecified atom stereocenters. The summed E-state index contributed by atoms with van der Waals surface area (Å²) in [4.78, 5) is 55.5. The van der Waals surface area contributed by atoms with Gasteiger partial charge in [-0.1, -0.05) is 45.4 Å². The van der Waals surface area contributed by atoms with Crippen molar-refractivity contribution in [2.24, 2.45) is 11.8 Å². The second kappa shape index (κ2) is 11.5. The van der Waals surface area contributed by atoms with E-state index in [9.17, 15) is 19.2 Å². The number of hydrogen-bond donors (Lipinski definition) is 2. The number of aromatic nitrogens is 2. The Balaban J connectivity index is 2.24. The van der Waals surface area contributed by atoms with Crippen LogP contribution in [0.4, 0.5) is 11.5 Å². The number of amides is 2. The Bertz CT molecular complexity index is 1120. The van der Waals surface area contributed by atoms with Crippen molar-refractivity contribution in [3.63, 3.8) is 0 Å². The fourth-order valence-corrected chi connectivity index (χ4v) is 3.33. The molecule has 0 aliphatic heterocycles. The first-order chi connectivity index (χ1) is 15.9. The van der Waals surface area contributed by atoms with E-state index in [4.69, 9.17) is 10.5 Å². The Kier molecular flexibility index (Phi) is 9.05. The van der Waals surface area contributed by atoms with Crippen molar-refractivity contribution in [3.05, 3.63) is 50.7 Å². The number of aryl methyl sites for hydroxylation is 1. The molecule has 0 aliphatic carbocycles. The molecule has 0 spiro atoms. The minimum Gasteiger partial charge on any atom is -0.484 e. The van der Waals surface area contributed by atoms with Gasteiger partial charge in [-0.2, -0.15) is 0 Å². The van der Waals surface area contributed by atoms with Gasteiger partial charge < -0.3 is 20.3 Å². The Hall–Kier alpha value is -3.56. The van der Waals surface area contributed by atoms with Gasteiger partial charge in [0.2, 0.25) is 5.91 Å². The molecule has 10 heteroatoms. The fraction of sp³-hybridized carbons (Fsp3) is 0.500. The molecular weight excluding hydrogens is 438 g/mol. The number of hydrogen-bond acceptors (Lipinski definition) is 6. The van der Waals surface area contributed by atoms with Crippen LogP contribution in [0.3, 0.4) is 0 Å². The van der Waals surface area contributed by atoms with Crippen LogP contribution in [0.1, 0.15) is 33.3 Å². The molecule has 10 nitrogen and oxygen atoms in total. The Labute approximate surface area is 199 Å². The lowest BCUT2D eigenvalue weighted by molar-refractivity contribution is -0.135. The molecule has 0 bridgehead atoms. The second-order valence-corrected chi connectivity index (χ2v) is 9.25. The normalized spacial score (nSPS) is 11.1. The van der Waals surface area contributed by atoms with E-state index in [0.29, 0.717) is 5.75 Å². The van der Waals surface area contributed by atoms with Crippen LogP contribution in [0.15, 0.2) is 33.9 Å². The van der Waals surface area contributed by atoms with Gasteiger partial charge in [0.05, 0.1) is 6.54 Å². The summed E-state index contributed by atoms with van der Waals surface area (Å²) in [5.41, 5.74) is 5.82. The van der Waals surface area contributed by atoms with Gasteiger partial charge in [-0.15, -0.1) is 0 Å². The summed E-state index contributed by atoms with van der Waals surface area (Å²) in [5.74, 6) is -0.332.